The molecular formula is C18H35AlLi2O5. The number of carbonyl (C=O) groups excluding carboxylic acids is 1. The van der Waals surface area contributed by atoms with Crippen molar-refractivity contribution in [3.63, 3.8) is 0 Å². The first-order chi connectivity index (χ1) is 11.7. The summed E-state index contributed by atoms with van der Waals surface area (Å²) in [6.07, 6.45) is 18.6. The van der Waals surface area contributed by atoms with Crippen molar-refractivity contribution in [2.24, 2.45) is 0 Å². The minimum atomic E-state index is -1.75. The zero-order valence-electron chi connectivity index (χ0n) is 17.2. The molecule has 0 aliphatic rings. The fourth-order valence-electron chi connectivity index (χ4n) is 2.68. The third-order valence-electron chi connectivity index (χ3n) is 4.04. The molecule has 8 heteroatoms. The van der Waals surface area contributed by atoms with E-state index in [0.717, 1.165) is 19.3 Å². The van der Waals surface area contributed by atoms with E-state index in [9.17, 15) is 9.90 Å². The number of aliphatic hydroxyl groups is 1. The number of hydrogen-bond donors (Lipinski definition) is 1. The second-order valence-electron chi connectivity index (χ2n) is 6.25. The average molecular weight is 372 g/mol. The summed E-state index contributed by atoms with van der Waals surface area (Å²) in [5, 5.41) is 18.9. The summed E-state index contributed by atoms with van der Waals surface area (Å²) in [6, 6.07) is 0. The predicted octanol–water partition coefficient (Wildman–Crippen LogP) is -3.71. The molecule has 0 saturated heterocycles. The summed E-state index contributed by atoms with van der Waals surface area (Å²) >= 11 is -1.75. The van der Waals surface area contributed by atoms with Gasteiger partial charge in [0.2, 0.25) is 0 Å². The Labute approximate surface area is 190 Å². The van der Waals surface area contributed by atoms with E-state index in [0.29, 0.717) is 6.61 Å². The van der Waals surface area contributed by atoms with Gasteiger partial charge in [0, 0.05) is 12.6 Å². The zero-order valence-corrected chi connectivity index (χ0v) is 18.3. The molecule has 0 aromatic carbocycles. The molecule has 0 aromatic rings. The van der Waals surface area contributed by atoms with Crippen LogP contribution in [0.2, 0.25) is 0 Å². The molecule has 0 atom stereocenters. The van der Waals surface area contributed by atoms with Gasteiger partial charge >= 0.3 is 61.2 Å². The maximum absolute atomic E-state index is 10.2. The van der Waals surface area contributed by atoms with Gasteiger partial charge in [0.25, 0.3) is 0 Å². The van der Waals surface area contributed by atoms with Gasteiger partial charge in [-0.25, -0.2) is 0 Å². The summed E-state index contributed by atoms with van der Waals surface area (Å²) in [5.41, 5.74) is 0. The third kappa shape index (κ3) is 39.7. The Morgan fingerprint density at radius 1 is 0.654 bits per heavy atom. The van der Waals surface area contributed by atoms with Crippen LogP contribution >= 0.6 is 0 Å². The predicted molar refractivity (Wildman–Crippen MR) is 92.4 cm³/mol. The Hall–Kier alpha value is 0.757. The molecule has 0 aromatic heterocycles. The first-order valence-corrected chi connectivity index (χ1v) is 10.5. The van der Waals surface area contributed by atoms with Gasteiger partial charge in [0.15, 0.2) is 0 Å². The molecule has 0 bridgehead atoms. The second-order valence-corrected chi connectivity index (χ2v) is 6.44. The molecule has 0 fully saturated rings. The number of aliphatic hydroxyl groups excluding tert-OH is 1. The third-order valence-corrected chi connectivity index (χ3v) is 4.04. The van der Waals surface area contributed by atoms with E-state index < -0.39 is 21.5 Å². The van der Waals surface area contributed by atoms with Crippen LogP contribution in [0.25, 0.3) is 0 Å². The summed E-state index contributed by atoms with van der Waals surface area (Å²) in [4.78, 5) is 10.2. The van der Waals surface area contributed by atoms with Crippen LogP contribution in [0.5, 0.6) is 0 Å². The maximum atomic E-state index is 10.2. The van der Waals surface area contributed by atoms with Crippen LogP contribution in [-0.4, -0.2) is 33.2 Å². The molecule has 0 amide bonds. The molecular weight excluding hydrogens is 337 g/mol. The van der Waals surface area contributed by atoms with E-state index in [2.05, 4.69) is 0 Å². The second kappa shape index (κ2) is 33.4. The Balaban J connectivity index is -0.000000450. The first-order valence-electron chi connectivity index (χ1n) is 9.55. The number of carboxylic acid groups (broad SMARTS) is 1. The molecule has 0 aliphatic carbocycles. The van der Waals surface area contributed by atoms with Crippen molar-refractivity contribution >= 4 is 21.5 Å². The molecule has 1 N–H and O–H groups in total. The summed E-state index contributed by atoms with van der Waals surface area (Å²) in [6.45, 7) is 0.344. The number of aliphatic carboxylic acids is 1. The van der Waals surface area contributed by atoms with E-state index in [-0.39, 0.29) is 44.1 Å². The van der Waals surface area contributed by atoms with E-state index in [1.54, 1.807) is 0 Å². The van der Waals surface area contributed by atoms with Gasteiger partial charge in [-0.15, -0.1) is 0 Å². The van der Waals surface area contributed by atoms with Crippen LogP contribution in [0, 0.1) is 0 Å². The van der Waals surface area contributed by atoms with Crippen molar-refractivity contribution in [2.75, 3.05) is 6.61 Å². The number of carbonyl (C=O) groups is 1. The molecule has 142 valence electrons. The van der Waals surface area contributed by atoms with Crippen LogP contribution in [0.1, 0.15) is 103 Å². The van der Waals surface area contributed by atoms with E-state index in [1.165, 1.54) is 77.0 Å². The molecule has 0 rings (SSSR count). The van der Waals surface area contributed by atoms with Gasteiger partial charge in [0.05, 0.1) is 0 Å². The average Bonchev–Trinajstić information content (AvgIpc) is 2.55. The van der Waals surface area contributed by atoms with Crippen LogP contribution < -0.4 is 47.0 Å². The van der Waals surface area contributed by atoms with E-state index in [1.807, 2.05) is 0 Å². The summed E-state index contributed by atoms with van der Waals surface area (Å²) in [7, 11) is 0. The quantitative estimate of drug-likeness (QED) is 0.209. The van der Waals surface area contributed by atoms with Gasteiger partial charge in [0.1, 0.15) is 0 Å². The first kappa shape index (κ1) is 34.3. The van der Waals surface area contributed by atoms with Crippen LogP contribution in [0.3, 0.4) is 0 Å². The molecule has 0 heterocycles. The van der Waals surface area contributed by atoms with Crippen LogP contribution in [-0.2, 0) is 8.60 Å². The van der Waals surface area contributed by atoms with Gasteiger partial charge in [-0.1, -0.05) is 83.5 Å². The Kier molecular flexibility index (Phi) is 44.0. The Morgan fingerprint density at radius 2 is 0.885 bits per heavy atom. The van der Waals surface area contributed by atoms with Crippen molar-refractivity contribution in [1.29, 1.82) is 0 Å². The van der Waals surface area contributed by atoms with Gasteiger partial charge in [-0.2, -0.15) is 0 Å². The van der Waals surface area contributed by atoms with Crippen LogP contribution in [0.15, 0.2) is 0 Å². The Bertz CT molecular complexity index is 272. The number of unbranched alkanes of at least 4 members (excludes halogenated alkanes) is 14. The van der Waals surface area contributed by atoms with Crippen molar-refractivity contribution < 1.29 is 60.7 Å². The molecule has 0 radical (unpaired) electrons. The summed E-state index contributed by atoms with van der Waals surface area (Å²) < 4.78 is 16.9. The van der Waals surface area contributed by atoms with Gasteiger partial charge < -0.3 is 15.0 Å². The van der Waals surface area contributed by atoms with E-state index in [4.69, 9.17) is 13.1 Å². The topological polar surface area (TPSA) is 100 Å². The van der Waals surface area contributed by atoms with Gasteiger partial charge in [-0.05, 0) is 19.3 Å². The monoisotopic (exact) mass is 372 g/mol. The standard InChI is InChI=1S/C18H36O3.Al.2Li.2O/c19-17-15-13-11-9-7-5-3-1-2-4-6-8-10-12-14-16-18(20)21;;;;;/h19H,1-17H2,(H,20,21);;;;;/q;;2*+1;;-1/p-1. The normalized spacial score (nSPS) is 9.12. The van der Waals surface area contributed by atoms with Crippen LogP contribution in [0.4, 0.5) is 0 Å². The summed E-state index contributed by atoms with van der Waals surface area (Å²) in [5.74, 6) is -0.914. The molecule has 0 aliphatic heterocycles. The van der Waals surface area contributed by atoms with Crippen molar-refractivity contribution in [2.45, 2.75) is 103 Å². The minimum absolute atomic E-state index is 0. The fraction of sp³-hybridized carbons (Fsp3) is 0.944. The van der Waals surface area contributed by atoms with Crippen molar-refractivity contribution in [3.05, 3.63) is 0 Å². The molecule has 26 heavy (non-hydrogen) atoms. The molecule has 5 nitrogen and oxygen atoms in total. The zero-order chi connectivity index (χ0) is 18.3. The molecule has 0 saturated carbocycles. The SMILES string of the molecule is O=C([O-])CCCCCCCCCCCCCCCCCO.[Li+].[Li+].[O]=[Al][O-]. The van der Waals surface area contributed by atoms with E-state index >= 15 is 0 Å². The molecule has 0 spiro atoms. The number of hydrogen-bond acceptors (Lipinski definition) is 5. The van der Waals surface area contributed by atoms with Crippen molar-refractivity contribution in [3.8, 4) is 0 Å². The Morgan fingerprint density at radius 3 is 1.12 bits per heavy atom. The fourth-order valence-corrected chi connectivity index (χ4v) is 2.68. The number of rotatable bonds is 17. The van der Waals surface area contributed by atoms with Gasteiger partial charge in [-0.3, -0.25) is 0 Å². The molecule has 0 unspecified atom stereocenters. The van der Waals surface area contributed by atoms with Crippen molar-refractivity contribution in [1.82, 2.24) is 0 Å². The number of carboxylic acids is 1.